The first-order valence-corrected chi connectivity index (χ1v) is 9.59. The van der Waals surface area contributed by atoms with E-state index < -0.39 is 0 Å². The van der Waals surface area contributed by atoms with Crippen LogP contribution in [0.3, 0.4) is 0 Å². The molecule has 0 bridgehead atoms. The highest BCUT2D eigenvalue weighted by atomic mass is 16.3. The van der Waals surface area contributed by atoms with Crippen LogP contribution in [0.1, 0.15) is 28.9 Å². The molecular formula is C20H25N5O2. The fraction of sp³-hybridized carbons (Fsp3) is 0.450. The molecule has 1 saturated heterocycles. The highest BCUT2D eigenvalue weighted by Gasteiger charge is 2.27. The zero-order valence-electron chi connectivity index (χ0n) is 15.4. The molecule has 27 heavy (non-hydrogen) atoms. The molecule has 0 unspecified atom stereocenters. The Morgan fingerprint density at radius 2 is 1.81 bits per heavy atom. The fourth-order valence-electron chi connectivity index (χ4n) is 3.71. The molecule has 2 aromatic rings. The van der Waals surface area contributed by atoms with Crippen molar-refractivity contribution < 1.29 is 9.90 Å². The number of rotatable bonds is 5. The number of carbonyl (C=O) groups excluding carboxylic acids is 1. The van der Waals surface area contributed by atoms with Crippen molar-refractivity contribution in [1.82, 2.24) is 14.9 Å². The number of hydrogen-bond donors (Lipinski definition) is 2. The van der Waals surface area contributed by atoms with Crippen molar-refractivity contribution in [2.24, 2.45) is 0 Å². The van der Waals surface area contributed by atoms with Crippen molar-refractivity contribution in [3.63, 3.8) is 0 Å². The van der Waals surface area contributed by atoms with Crippen molar-refractivity contribution >= 4 is 23.2 Å². The second-order valence-electron chi connectivity index (χ2n) is 7.01. The fourth-order valence-corrected chi connectivity index (χ4v) is 3.71. The van der Waals surface area contributed by atoms with Crippen molar-refractivity contribution in [1.29, 1.82) is 0 Å². The standard InChI is InChI=1S/C20H25N5O2/c26-14-13-24-9-11-25(12-10-24)20-22-16-7-4-8-17(27)18(16)19(23-20)21-15-5-2-1-3-6-15/h1-3,5-6,26H,4,7-14H2,(H,21,22,23). The first kappa shape index (κ1) is 17.9. The third-order valence-electron chi connectivity index (χ3n) is 5.18. The minimum absolute atomic E-state index is 0.119. The highest BCUT2D eigenvalue weighted by molar-refractivity contribution is 6.03. The van der Waals surface area contributed by atoms with Gasteiger partial charge in [-0.05, 0) is 25.0 Å². The van der Waals surface area contributed by atoms with E-state index in [4.69, 9.17) is 15.1 Å². The molecule has 4 rings (SSSR count). The summed E-state index contributed by atoms with van der Waals surface area (Å²) >= 11 is 0. The molecule has 1 aromatic carbocycles. The number of piperazine rings is 1. The van der Waals surface area contributed by atoms with Gasteiger partial charge in [0, 0.05) is 44.8 Å². The molecule has 1 aliphatic heterocycles. The first-order valence-electron chi connectivity index (χ1n) is 9.59. The predicted octanol–water partition coefficient (Wildman–Crippen LogP) is 1.85. The molecule has 0 spiro atoms. The number of hydrogen-bond acceptors (Lipinski definition) is 7. The summed E-state index contributed by atoms with van der Waals surface area (Å²) in [5.41, 5.74) is 2.41. The van der Waals surface area contributed by atoms with E-state index in [1.54, 1.807) is 0 Å². The number of aromatic nitrogens is 2. The van der Waals surface area contributed by atoms with Crippen LogP contribution in [0.15, 0.2) is 30.3 Å². The van der Waals surface area contributed by atoms with Gasteiger partial charge in [0.25, 0.3) is 0 Å². The van der Waals surface area contributed by atoms with Crippen LogP contribution < -0.4 is 10.2 Å². The number of β-amino-alcohol motifs (C(OH)–C–C–N with tert-alkyl or cyclic N) is 1. The van der Waals surface area contributed by atoms with Gasteiger partial charge in [-0.15, -0.1) is 0 Å². The number of Topliss-reactive ketones (excluding diaryl/α,β-unsaturated/α-hetero) is 1. The zero-order chi connectivity index (χ0) is 18.6. The maximum Gasteiger partial charge on any atom is 0.227 e. The van der Waals surface area contributed by atoms with E-state index in [1.165, 1.54) is 0 Å². The van der Waals surface area contributed by atoms with Crippen LogP contribution in [0.25, 0.3) is 0 Å². The number of aliphatic hydroxyl groups is 1. The maximum atomic E-state index is 12.5. The van der Waals surface area contributed by atoms with Crippen molar-refractivity contribution in [3.05, 3.63) is 41.6 Å². The average molecular weight is 367 g/mol. The van der Waals surface area contributed by atoms with Gasteiger partial charge in [0.2, 0.25) is 5.95 Å². The monoisotopic (exact) mass is 367 g/mol. The summed E-state index contributed by atoms with van der Waals surface area (Å²) in [6.45, 7) is 4.27. The van der Waals surface area contributed by atoms with Gasteiger partial charge >= 0.3 is 0 Å². The van der Waals surface area contributed by atoms with Gasteiger partial charge in [-0.3, -0.25) is 9.69 Å². The van der Waals surface area contributed by atoms with Crippen LogP contribution in [0.2, 0.25) is 0 Å². The molecular weight excluding hydrogens is 342 g/mol. The molecule has 0 atom stereocenters. The van der Waals surface area contributed by atoms with Gasteiger partial charge in [-0.25, -0.2) is 4.98 Å². The van der Waals surface area contributed by atoms with E-state index in [-0.39, 0.29) is 12.4 Å². The molecule has 7 nitrogen and oxygen atoms in total. The molecule has 1 aromatic heterocycles. The highest BCUT2D eigenvalue weighted by Crippen LogP contribution is 2.30. The third-order valence-corrected chi connectivity index (χ3v) is 5.18. The molecule has 2 aliphatic rings. The Kier molecular flexibility index (Phi) is 5.31. The van der Waals surface area contributed by atoms with E-state index in [9.17, 15) is 4.79 Å². The van der Waals surface area contributed by atoms with Gasteiger partial charge in [0.1, 0.15) is 5.82 Å². The number of aliphatic hydroxyl groups excluding tert-OH is 1. The van der Waals surface area contributed by atoms with Gasteiger partial charge in [-0.2, -0.15) is 4.98 Å². The van der Waals surface area contributed by atoms with Crippen LogP contribution in [0.4, 0.5) is 17.5 Å². The number of fused-ring (bicyclic) bond motifs is 1. The second-order valence-corrected chi connectivity index (χ2v) is 7.01. The van der Waals surface area contributed by atoms with Gasteiger partial charge in [-0.1, -0.05) is 18.2 Å². The SMILES string of the molecule is O=C1CCCc2nc(N3CCN(CCO)CC3)nc(Nc3ccccc3)c21. The molecule has 142 valence electrons. The Bertz CT molecular complexity index is 804. The van der Waals surface area contributed by atoms with E-state index in [1.807, 2.05) is 30.3 Å². The molecule has 0 radical (unpaired) electrons. The quantitative estimate of drug-likeness (QED) is 0.835. The van der Waals surface area contributed by atoms with Crippen molar-refractivity contribution in [2.75, 3.05) is 49.5 Å². The summed E-state index contributed by atoms with van der Waals surface area (Å²) in [4.78, 5) is 26.4. The van der Waals surface area contributed by atoms with Gasteiger partial charge in [0.15, 0.2) is 5.78 Å². The first-order chi connectivity index (χ1) is 13.2. The number of nitrogens with zero attached hydrogens (tertiary/aromatic N) is 4. The van der Waals surface area contributed by atoms with E-state index in [0.717, 1.165) is 50.4 Å². The van der Waals surface area contributed by atoms with Gasteiger partial charge in [0.05, 0.1) is 17.9 Å². The number of carbonyl (C=O) groups is 1. The summed E-state index contributed by atoms with van der Waals surface area (Å²) in [6, 6.07) is 9.81. The maximum absolute atomic E-state index is 12.5. The smallest absolute Gasteiger partial charge is 0.227 e. The Balaban J connectivity index is 1.63. The number of para-hydroxylation sites is 1. The molecule has 0 saturated carbocycles. The Morgan fingerprint density at radius 3 is 2.56 bits per heavy atom. The van der Waals surface area contributed by atoms with Crippen LogP contribution in [-0.2, 0) is 6.42 Å². The molecule has 2 heterocycles. The van der Waals surface area contributed by atoms with Crippen LogP contribution in [0, 0.1) is 0 Å². The largest absolute Gasteiger partial charge is 0.395 e. The number of anilines is 3. The Labute approximate surface area is 159 Å². The number of aryl methyl sites for hydroxylation is 1. The van der Waals surface area contributed by atoms with Crippen molar-refractivity contribution in [2.45, 2.75) is 19.3 Å². The lowest BCUT2D eigenvalue weighted by atomic mass is 9.95. The van der Waals surface area contributed by atoms with Crippen LogP contribution in [-0.4, -0.2) is 65.1 Å². The third kappa shape index (κ3) is 3.94. The van der Waals surface area contributed by atoms with E-state index >= 15 is 0 Å². The van der Waals surface area contributed by atoms with Gasteiger partial charge < -0.3 is 15.3 Å². The number of ketones is 1. The molecule has 1 aliphatic carbocycles. The minimum Gasteiger partial charge on any atom is -0.395 e. The summed E-state index contributed by atoms with van der Waals surface area (Å²) in [5, 5.41) is 12.4. The molecule has 7 heteroatoms. The minimum atomic E-state index is 0.119. The molecule has 2 N–H and O–H groups in total. The number of benzene rings is 1. The Hall–Kier alpha value is -2.51. The molecule has 1 fully saturated rings. The molecule has 0 amide bonds. The van der Waals surface area contributed by atoms with Crippen LogP contribution in [0.5, 0.6) is 0 Å². The van der Waals surface area contributed by atoms with E-state index in [0.29, 0.717) is 30.3 Å². The summed E-state index contributed by atoms with van der Waals surface area (Å²) in [7, 11) is 0. The lowest BCUT2D eigenvalue weighted by Gasteiger charge is -2.35. The average Bonchev–Trinajstić information content (AvgIpc) is 2.69. The lowest BCUT2D eigenvalue weighted by Crippen LogP contribution is -2.48. The summed E-state index contributed by atoms with van der Waals surface area (Å²) in [6.07, 6.45) is 2.21. The lowest BCUT2D eigenvalue weighted by molar-refractivity contribution is 0.0972. The zero-order valence-corrected chi connectivity index (χ0v) is 15.4. The second kappa shape index (κ2) is 8.02. The predicted molar refractivity (Wildman–Crippen MR) is 105 cm³/mol. The topological polar surface area (TPSA) is 81.6 Å². The summed E-state index contributed by atoms with van der Waals surface area (Å²) < 4.78 is 0. The Morgan fingerprint density at radius 1 is 1.04 bits per heavy atom. The summed E-state index contributed by atoms with van der Waals surface area (Å²) in [5.74, 6) is 1.42. The van der Waals surface area contributed by atoms with Crippen molar-refractivity contribution in [3.8, 4) is 0 Å². The van der Waals surface area contributed by atoms with E-state index in [2.05, 4.69) is 15.1 Å². The number of nitrogens with one attached hydrogen (secondary N) is 1. The van der Waals surface area contributed by atoms with Crippen LogP contribution >= 0.6 is 0 Å². The normalized spacial score (nSPS) is 17.7.